The third-order valence-corrected chi connectivity index (χ3v) is 13.2. The second-order valence-corrected chi connectivity index (χ2v) is 19.7. The summed E-state index contributed by atoms with van der Waals surface area (Å²) < 4.78 is 10.8. The van der Waals surface area contributed by atoms with Crippen molar-refractivity contribution >= 4 is 46.4 Å². The number of aromatic nitrogens is 4. The average Bonchev–Trinajstić information content (AvgIpc) is 3.91. The van der Waals surface area contributed by atoms with Crippen LogP contribution in [0.3, 0.4) is 0 Å². The molecule has 346 valence electrons. The van der Waals surface area contributed by atoms with Gasteiger partial charge in [-0.3, -0.25) is 4.90 Å². The Kier molecular flexibility index (Phi) is 12.4. The Bertz CT molecular complexity index is 2740. The van der Waals surface area contributed by atoms with Gasteiger partial charge in [0, 0.05) is 18.7 Å². The first-order valence-corrected chi connectivity index (χ1v) is 22.5. The fourth-order valence-electron chi connectivity index (χ4n) is 9.43. The van der Waals surface area contributed by atoms with Crippen molar-refractivity contribution in [2.75, 3.05) is 39.3 Å². The molecular weight excluding hydrogens is 841 g/mol. The van der Waals surface area contributed by atoms with Gasteiger partial charge in [0.05, 0.1) is 28.6 Å². The van der Waals surface area contributed by atoms with Gasteiger partial charge < -0.3 is 34.6 Å². The zero-order chi connectivity index (χ0) is 47.0. The van der Waals surface area contributed by atoms with Crippen molar-refractivity contribution in [3.63, 3.8) is 0 Å². The Labute approximate surface area is 383 Å². The van der Waals surface area contributed by atoms with Gasteiger partial charge >= 0.3 is 24.4 Å². The van der Waals surface area contributed by atoms with Crippen LogP contribution in [0.4, 0.5) is 19.2 Å². The highest BCUT2D eigenvalue weighted by molar-refractivity contribution is 5.78. The van der Waals surface area contributed by atoms with Gasteiger partial charge in [-0.05, 0) is 95.3 Å². The first kappa shape index (κ1) is 45.8. The molecule has 16 nitrogen and oxygen atoms in total. The Hall–Kier alpha value is -6.78. The van der Waals surface area contributed by atoms with Crippen molar-refractivity contribution in [3.8, 4) is 0 Å². The van der Waals surface area contributed by atoms with E-state index < -0.39 is 47.6 Å². The number of quaternary nitrogens is 2. The van der Waals surface area contributed by atoms with Crippen molar-refractivity contribution in [3.05, 3.63) is 131 Å². The van der Waals surface area contributed by atoms with Crippen LogP contribution in [-0.2, 0) is 35.5 Å². The van der Waals surface area contributed by atoms with Crippen molar-refractivity contribution in [1.82, 2.24) is 29.7 Å². The number of rotatable bonds is 9. The number of imidazole rings is 2. The molecular formula is C50H60N8O8+2. The van der Waals surface area contributed by atoms with Crippen LogP contribution in [-0.4, -0.2) is 124 Å². The number of nitrogens with zero attached hydrogens (tertiary/aromatic N) is 6. The number of piperazine rings is 2. The number of nitrogens with one attached hydrogen (secondary N) is 2. The Morgan fingerprint density at radius 1 is 0.697 bits per heavy atom. The molecule has 4 N–H and O–H groups in total. The first-order valence-electron chi connectivity index (χ1n) is 22.5. The second-order valence-electron chi connectivity index (χ2n) is 19.7. The summed E-state index contributed by atoms with van der Waals surface area (Å²) in [6.45, 7) is 12.4. The molecule has 0 bridgehead atoms. The monoisotopic (exact) mass is 900 g/mol. The van der Waals surface area contributed by atoms with Crippen molar-refractivity contribution in [2.45, 2.75) is 90.8 Å². The molecule has 0 spiro atoms. The zero-order valence-electron chi connectivity index (χ0n) is 38.5. The van der Waals surface area contributed by atoms with Gasteiger partial charge in [-0.1, -0.05) is 72.8 Å². The van der Waals surface area contributed by atoms with Gasteiger partial charge in [0.15, 0.2) is 12.4 Å². The highest BCUT2D eigenvalue weighted by Gasteiger charge is 2.62. The van der Waals surface area contributed by atoms with Crippen LogP contribution in [0, 0.1) is 0 Å². The maximum Gasteiger partial charge on any atom is 0.514 e. The Morgan fingerprint density at radius 3 is 1.83 bits per heavy atom. The highest BCUT2D eigenvalue weighted by atomic mass is 16.6. The molecule has 4 heterocycles. The summed E-state index contributed by atoms with van der Waals surface area (Å²) in [4.78, 5) is 73.4. The Balaban J connectivity index is 1.03. The van der Waals surface area contributed by atoms with Crippen LogP contribution in [0.15, 0.2) is 97.1 Å². The summed E-state index contributed by atoms with van der Waals surface area (Å²) in [5, 5.41) is 21.7. The van der Waals surface area contributed by atoms with E-state index in [-0.39, 0.29) is 61.4 Å². The third-order valence-electron chi connectivity index (χ3n) is 13.2. The van der Waals surface area contributed by atoms with E-state index in [1.165, 1.54) is 0 Å². The van der Waals surface area contributed by atoms with E-state index >= 15 is 0 Å². The lowest BCUT2D eigenvalue weighted by atomic mass is 9.94. The predicted molar refractivity (Wildman–Crippen MR) is 247 cm³/mol. The largest absolute Gasteiger partial charge is 0.514 e. The summed E-state index contributed by atoms with van der Waals surface area (Å²) in [7, 11) is 0. The number of ether oxygens (including phenoxy) is 2. The minimum atomic E-state index is -1.02. The van der Waals surface area contributed by atoms with Crippen molar-refractivity contribution < 1.29 is 47.8 Å². The van der Waals surface area contributed by atoms with E-state index in [1.54, 1.807) is 9.80 Å². The average molecular weight is 901 g/mol. The molecule has 4 aromatic carbocycles. The summed E-state index contributed by atoms with van der Waals surface area (Å²) in [6.07, 6.45) is -1.60. The van der Waals surface area contributed by atoms with Crippen LogP contribution in [0.25, 0.3) is 22.1 Å². The summed E-state index contributed by atoms with van der Waals surface area (Å²) in [6, 6.07) is 29.5. The topological polar surface area (TPSA) is 191 Å². The molecule has 66 heavy (non-hydrogen) atoms. The van der Waals surface area contributed by atoms with Gasteiger partial charge in [-0.2, -0.15) is 9.59 Å². The van der Waals surface area contributed by atoms with Crippen LogP contribution >= 0.6 is 0 Å². The van der Waals surface area contributed by atoms with Crippen LogP contribution in [0.5, 0.6) is 0 Å². The number of carbonyl (C=O) groups excluding carboxylic acids is 2. The second kappa shape index (κ2) is 17.9. The Morgan fingerprint density at radius 2 is 1.27 bits per heavy atom. The van der Waals surface area contributed by atoms with Gasteiger partial charge in [-0.25, -0.2) is 28.5 Å². The SMILES string of the molecule is CC(C)(C)OC(=O)N1CCN(C(=O)OCc2ccccc2)C(c2nc3ccc(CCc4ccc5nc(C6C[N+](C(=O)O)(C(C)(C)C)CC[N+]6(Cc6ccccc6)C(=O)O)[nH]c5c4)cc3[nH]2)C1. The van der Waals surface area contributed by atoms with Gasteiger partial charge in [0.25, 0.3) is 0 Å². The molecule has 8 rings (SSSR count). The normalized spacial score (nSPS) is 21.5. The number of fused-ring (bicyclic) bond motifs is 2. The molecule has 2 saturated heterocycles. The lowest BCUT2D eigenvalue weighted by molar-refractivity contribution is -1.01. The van der Waals surface area contributed by atoms with Crippen LogP contribution in [0.2, 0.25) is 0 Å². The van der Waals surface area contributed by atoms with Crippen LogP contribution in [0.1, 0.15) is 87.5 Å². The van der Waals surface area contributed by atoms with E-state index in [4.69, 9.17) is 19.4 Å². The summed E-state index contributed by atoms with van der Waals surface area (Å²) in [5.74, 6) is 0.977. The number of aryl methyl sites for hydroxylation is 2. The summed E-state index contributed by atoms with van der Waals surface area (Å²) >= 11 is 0. The maximum atomic E-state index is 13.6. The van der Waals surface area contributed by atoms with Crippen LogP contribution < -0.4 is 0 Å². The lowest BCUT2D eigenvalue weighted by Crippen LogP contribution is -2.75. The fourth-order valence-corrected chi connectivity index (χ4v) is 9.43. The molecule has 4 unspecified atom stereocenters. The molecule has 0 aliphatic carbocycles. The zero-order valence-corrected chi connectivity index (χ0v) is 38.5. The molecule has 0 saturated carbocycles. The van der Waals surface area contributed by atoms with E-state index in [9.17, 15) is 29.4 Å². The molecule has 2 aromatic heterocycles. The molecule has 4 amide bonds. The number of amides is 4. The lowest BCUT2D eigenvalue weighted by Gasteiger charge is -2.52. The van der Waals surface area contributed by atoms with E-state index in [2.05, 4.69) is 9.97 Å². The molecule has 16 heteroatoms. The predicted octanol–water partition coefficient (Wildman–Crippen LogP) is 9.20. The smallest absolute Gasteiger partial charge is 0.445 e. The number of benzene rings is 4. The number of hydrogen-bond acceptors (Lipinski definition) is 8. The molecule has 2 fully saturated rings. The number of H-pyrrole nitrogens is 2. The van der Waals surface area contributed by atoms with E-state index in [0.717, 1.165) is 38.8 Å². The quantitative estimate of drug-likeness (QED) is 0.102. The highest BCUT2D eigenvalue weighted by Crippen LogP contribution is 2.42. The van der Waals surface area contributed by atoms with Crippen molar-refractivity contribution in [2.24, 2.45) is 0 Å². The first-order chi connectivity index (χ1) is 31.3. The third kappa shape index (κ3) is 9.33. The number of aromatic amines is 2. The summed E-state index contributed by atoms with van der Waals surface area (Å²) in [5.41, 5.74) is 5.33. The van der Waals surface area contributed by atoms with E-state index in [0.29, 0.717) is 30.0 Å². The molecule has 2 aliphatic heterocycles. The minimum Gasteiger partial charge on any atom is -0.445 e. The van der Waals surface area contributed by atoms with Gasteiger partial charge in [-0.15, -0.1) is 0 Å². The maximum absolute atomic E-state index is 13.6. The van der Waals surface area contributed by atoms with Gasteiger partial charge in [0.2, 0.25) is 6.04 Å². The molecule has 6 aromatic rings. The molecule has 2 aliphatic rings. The number of hydrogen-bond donors (Lipinski definition) is 4. The van der Waals surface area contributed by atoms with E-state index in [1.807, 2.05) is 139 Å². The standard InChI is InChI=1S/C50H58N8O8/c1-49(2,3)58(48(63)64)26-25-57(47(61)62,30-35-13-9-7-10-14-35)42(31-58)44-52-38-22-20-34(28-40(38)54-44)18-17-33-19-21-37-39(27-33)53-43(51-37)41-29-55(45(59)66-50(4,5)6)23-24-56(41)46(60)65-32-36-15-11-8-12-16-36/h7-16,19-22,27-28,41-42H,17-18,23-26,29-32H2,1-6H3,(H2-2,51,52,53,54,61,62,63,64)/p+2. The minimum absolute atomic E-state index is 0.0432. The number of carbonyl (C=O) groups is 4. The molecule has 4 atom stereocenters. The number of carboxylic acid groups (broad SMARTS) is 2. The van der Waals surface area contributed by atoms with Crippen molar-refractivity contribution in [1.29, 1.82) is 0 Å². The fraction of sp³-hybridized carbons (Fsp3) is 0.400. The molecule has 0 radical (unpaired) electrons. The van der Waals surface area contributed by atoms with Gasteiger partial charge in [0.1, 0.15) is 49.2 Å².